The topological polar surface area (TPSA) is 79.3 Å². The van der Waals surface area contributed by atoms with Gasteiger partial charge in [0.25, 0.3) is 5.91 Å². The molecule has 0 aliphatic heterocycles. The van der Waals surface area contributed by atoms with Crippen LogP contribution in [0, 0.1) is 17.8 Å². The summed E-state index contributed by atoms with van der Waals surface area (Å²) < 4.78 is 0. The van der Waals surface area contributed by atoms with Crippen molar-refractivity contribution in [3.8, 4) is 0 Å². The summed E-state index contributed by atoms with van der Waals surface area (Å²) in [7, 11) is 0. The Kier molecular flexibility index (Phi) is 3.42. The standard InChI is InChI=1S/C15H18N2O3/c18-14(13-8-11(15(19)20)4-5-16-13)17-6-3-9-1-2-10-7-12(9)10/h4-5,8-10,12H,1-3,6-7H2,(H,17,18)(H,19,20). The van der Waals surface area contributed by atoms with Crippen molar-refractivity contribution >= 4 is 11.9 Å². The van der Waals surface area contributed by atoms with E-state index < -0.39 is 5.97 Å². The minimum atomic E-state index is -1.05. The zero-order chi connectivity index (χ0) is 14.1. The molecule has 0 aromatic carbocycles. The van der Waals surface area contributed by atoms with Crippen molar-refractivity contribution in [2.45, 2.75) is 25.7 Å². The second-order valence-corrected chi connectivity index (χ2v) is 5.78. The zero-order valence-corrected chi connectivity index (χ0v) is 11.2. The monoisotopic (exact) mass is 274 g/mol. The van der Waals surface area contributed by atoms with Crippen molar-refractivity contribution in [2.75, 3.05) is 6.54 Å². The lowest BCUT2D eigenvalue weighted by molar-refractivity contribution is 0.0696. The quantitative estimate of drug-likeness (QED) is 0.860. The number of carbonyl (C=O) groups is 2. The van der Waals surface area contributed by atoms with Gasteiger partial charge in [-0.15, -0.1) is 0 Å². The van der Waals surface area contributed by atoms with Crippen LogP contribution in [-0.4, -0.2) is 28.5 Å². The maximum atomic E-state index is 11.9. The second kappa shape index (κ2) is 5.23. The third-order valence-corrected chi connectivity index (χ3v) is 4.53. The second-order valence-electron chi connectivity index (χ2n) is 5.78. The van der Waals surface area contributed by atoms with Gasteiger partial charge < -0.3 is 10.4 Å². The first kappa shape index (κ1) is 13.1. The molecule has 1 aromatic heterocycles. The Morgan fingerprint density at radius 1 is 1.40 bits per heavy atom. The summed E-state index contributed by atoms with van der Waals surface area (Å²) in [5.41, 5.74) is 0.252. The van der Waals surface area contributed by atoms with Gasteiger partial charge in [0.05, 0.1) is 5.56 Å². The SMILES string of the molecule is O=C(O)c1ccnc(C(=O)NCCC2CCC3CC23)c1. The first-order valence-electron chi connectivity index (χ1n) is 7.12. The highest BCUT2D eigenvalue weighted by molar-refractivity contribution is 5.95. The van der Waals surface area contributed by atoms with Crippen LogP contribution in [0.3, 0.4) is 0 Å². The molecule has 106 valence electrons. The number of carbonyl (C=O) groups excluding carboxylic acids is 1. The molecule has 2 saturated carbocycles. The average molecular weight is 274 g/mol. The van der Waals surface area contributed by atoms with Gasteiger partial charge in [-0.2, -0.15) is 0 Å². The highest BCUT2D eigenvalue weighted by atomic mass is 16.4. The molecule has 2 aliphatic rings. The molecule has 0 spiro atoms. The van der Waals surface area contributed by atoms with Gasteiger partial charge in [0, 0.05) is 12.7 Å². The molecule has 2 N–H and O–H groups in total. The molecule has 5 heteroatoms. The Hall–Kier alpha value is -1.91. The smallest absolute Gasteiger partial charge is 0.335 e. The number of fused-ring (bicyclic) bond motifs is 1. The Morgan fingerprint density at radius 3 is 2.90 bits per heavy atom. The number of aromatic nitrogens is 1. The third-order valence-electron chi connectivity index (χ3n) is 4.53. The van der Waals surface area contributed by atoms with Gasteiger partial charge in [-0.1, -0.05) is 0 Å². The molecule has 20 heavy (non-hydrogen) atoms. The first-order chi connectivity index (χ1) is 9.65. The number of aromatic carboxylic acids is 1. The van der Waals surface area contributed by atoms with E-state index in [0.29, 0.717) is 6.54 Å². The molecule has 2 aliphatic carbocycles. The number of nitrogens with zero attached hydrogens (tertiary/aromatic N) is 1. The fourth-order valence-corrected chi connectivity index (χ4v) is 3.33. The van der Waals surface area contributed by atoms with Crippen molar-refractivity contribution < 1.29 is 14.7 Å². The lowest BCUT2D eigenvalue weighted by Gasteiger charge is -2.12. The van der Waals surface area contributed by atoms with Gasteiger partial charge in [-0.3, -0.25) is 9.78 Å². The van der Waals surface area contributed by atoms with Crippen molar-refractivity contribution in [2.24, 2.45) is 17.8 Å². The van der Waals surface area contributed by atoms with Crippen LogP contribution in [0.5, 0.6) is 0 Å². The fraction of sp³-hybridized carbons (Fsp3) is 0.533. The minimum absolute atomic E-state index is 0.0850. The van der Waals surface area contributed by atoms with Gasteiger partial charge in [0.1, 0.15) is 5.69 Å². The Bertz CT molecular complexity index is 544. The Balaban J connectivity index is 1.51. The number of carboxylic acid groups (broad SMARTS) is 1. The fourth-order valence-electron chi connectivity index (χ4n) is 3.33. The van der Waals surface area contributed by atoms with Gasteiger partial charge >= 0.3 is 5.97 Å². The van der Waals surface area contributed by atoms with Crippen LogP contribution in [0.2, 0.25) is 0 Å². The summed E-state index contributed by atoms with van der Waals surface area (Å²) in [6.45, 7) is 0.645. The average Bonchev–Trinajstić information content (AvgIpc) is 3.13. The van der Waals surface area contributed by atoms with Crippen LogP contribution >= 0.6 is 0 Å². The molecule has 3 unspecified atom stereocenters. The maximum absolute atomic E-state index is 11.9. The summed E-state index contributed by atoms with van der Waals surface area (Å²) >= 11 is 0. The molecular formula is C15H18N2O3. The first-order valence-corrected chi connectivity index (χ1v) is 7.12. The van der Waals surface area contributed by atoms with Crippen molar-refractivity contribution in [1.29, 1.82) is 0 Å². The van der Waals surface area contributed by atoms with Crippen LogP contribution in [0.1, 0.15) is 46.5 Å². The summed E-state index contributed by atoms with van der Waals surface area (Å²) in [6, 6.07) is 2.69. The summed E-state index contributed by atoms with van der Waals surface area (Å²) in [5, 5.41) is 11.7. The molecule has 0 radical (unpaired) electrons. The molecule has 1 amide bonds. The van der Waals surface area contributed by atoms with Crippen LogP contribution in [0.4, 0.5) is 0 Å². The van der Waals surface area contributed by atoms with Crippen LogP contribution in [0.25, 0.3) is 0 Å². The number of pyridine rings is 1. The largest absolute Gasteiger partial charge is 0.478 e. The number of hydrogen-bond acceptors (Lipinski definition) is 3. The van der Waals surface area contributed by atoms with E-state index >= 15 is 0 Å². The molecule has 1 aromatic rings. The van der Waals surface area contributed by atoms with E-state index in [9.17, 15) is 9.59 Å². The van der Waals surface area contributed by atoms with E-state index in [1.807, 2.05) is 0 Å². The number of rotatable bonds is 5. The molecule has 0 saturated heterocycles. The molecule has 5 nitrogen and oxygen atoms in total. The lowest BCUT2D eigenvalue weighted by atomic mass is 10.00. The van der Waals surface area contributed by atoms with Gasteiger partial charge in [0.2, 0.25) is 0 Å². The van der Waals surface area contributed by atoms with Gasteiger partial charge in [-0.25, -0.2) is 4.79 Å². The predicted octanol–water partition coefficient (Wildman–Crippen LogP) is 1.95. The number of nitrogens with one attached hydrogen (secondary N) is 1. The van der Waals surface area contributed by atoms with Crippen molar-refractivity contribution in [1.82, 2.24) is 10.3 Å². The molecule has 1 heterocycles. The molecule has 3 atom stereocenters. The van der Waals surface area contributed by atoms with Crippen molar-refractivity contribution in [3.05, 3.63) is 29.6 Å². The number of hydrogen-bond donors (Lipinski definition) is 2. The molecule has 2 fully saturated rings. The van der Waals surface area contributed by atoms with Crippen molar-refractivity contribution in [3.63, 3.8) is 0 Å². The highest BCUT2D eigenvalue weighted by Gasteiger charge is 2.47. The highest BCUT2D eigenvalue weighted by Crippen LogP contribution is 2.56. The zero-order valence-electron chi connectivity index (χ0n) is 11.2. The molecule has 0 bridgehead atoms. The van der Waals surface area contributed by atoms with E-state index in [4.69, 9.17) is 5.11 Å². The predicted molar refractivity (Wildman–Crippen MR) is 72.5 cm³/mol. The van der Waals surface area contributed by atoms with E-state index in [2.05, 4.69) is 10.3 Å². The lowest BCUT2D eigenvalue weighted by Crippen LogP contribution is -2.27. The van der Waals surface area contributed by atoms with Gasteiger partial charge in [-0.05, 0) is 55.6 Å². The van der Waals surface area contributed by atoms with Crippen LogP contribution < -0.4 is 5.32 Å². The normalized spacial score (nSPS) is 26.9. The minimum Gasteiger partial charge on any atom is -0.478 e. The van der Waals surface area contributed by atoms with Crippen LogP contribution in [-0.2, 0) is 0 Å². The summed E-state index contributed by atoms with van der Waals surface area (Å²) in [6.07, 6.45) is 6.39. The summed E-state index contributed by atoms with van der Waals surface area (Å²) in [5.74, 6) is 1.29. The number of amides is 1. The van der Waals surface area contributed by atoms with Crippen LogP contribution in [0.15, 0.2) is 18.3 Å². The summed E-state index contributed by atoms with van der Waals surface area (Å²) in [4.78, 5) is 26.7. The Labute approximate surface area is 117 Å². The van der Waals surface area contributed by atoms with E-state index in [-0.39, 0.29) is 17.2 Å². The van der Waals surface area contributed by atoms with E-state index in [1.165, 1.54) is 37.6 Å². The maximum Gasteiger partial charge on any atom is 0.335 e. The third kappa shape index (κ3) is 2.66. The Morgan fingerprint density at radius 2 is 2.25 bits per heavy atom. The molecule has 3 rings (SSSR count). The van der Waals surface area contributed by atoms with E-state index in [1.54, 1.807) is 0 Å². The van der Waals surface area contributed by atoms with E-state index in [0.717, 1.165) is 24.2 Å². The molecular weight excluding hydrogens is 256 g/mol. The number of carboxylic acids is 1. The van der Waals surface area contributed by atoms with Gasteiger partial charge in [0.15, 0.2) is 0 Å².